The molecule has 0 aromatic rings. The number of amidine groups is 1. The van der Waals surface area contributed by atoms with Crippen molar-refractivity contribution in [3.8, 4) is 0 Å². The van der Waals surface area contributed by atoms with Gasteiger partial charge in [0.2, 0.25) is 0 Å². The molecule has 1 N–H and O–H groups in total. The average Bonchev–Trinajstić information content (AvgIpc) is 1.77. The fourth-order valence-electron chi connectivity index (χ4n) is 0.427. The Morgan fingerprint density at radius 1 is 1.75 bits per heavy atom. The van der Waals surface area contributed by atoms with Gasteiger partial charge in [0.05, 0.1) is 0 Å². The Morgan fingerprint density at radius 2 is 2.50 bits per heavy atom. The van der Waals surface area contributed by atoms with Gasteiger partial charge in [0.25, 0.3) is 0 Å². The summed E-state index contributed by atoms with van der Waals surface area (Å²) in [6.07, 6.45) is 2.63. The number of dihydropyridines is 1. The summed E-state index contributed by atoms with van der Waals surface area (Å²) in [7, 11) is 0. The molecule has 1 atom stereocenters. The minimum absolute atomic E-state index is 0.110. The normalized spacial score (nSPS) is 26.6. The van der Waals surface area contributed by atoms with E-state index < -0.39 is 6.17 Å². The molecule has 0 aromatic heterocycles. The van der Waals surface area contributed by atoms with E-state index in [1.807, 2.05) is 0 Å². The third-order valence-electron chi connectivity index (χ3n) is 0.794. The second-order valence-corrected chi connectivity index (χ2v) is 1.47. The van der Waals surface area contributed by atoms with Gasteiger partial charge in [0.1, 0.15) is 5.84 Å². The summed E-state index contributed by atoms with van der Waals surface area (Å²) >= 11 is 0. The minimum Gasteiger partial charge on any atom is -0.283 e. The lowest BCUT2D eigenvalue weighted by atomic mass is 10.3. The lowest BCUT2D eigenvalue weighted by molar-refractivity contribution is 0.498. The van der Waals surface area contributed by atoms with Crippen molar-refractivity contribution >= 4 is 12.1 Å². The molecular weight excluding hydrogens is 107 g/mol. The summed E-state index contributed by atoms with van der Waals surface area (Å²) in [6, 6.07) is 0. The molecule has 0 spiro atoms. The van der Waals surface area contributed by atoms with Crippen LogP contribution in [0.1, 0.15) is 0 Å². The van der Waals surface area contributed by atoms with Crippen LogP contribution in [0.25, 0.3) is 0 Å². The Hall–Kier alpha value is -0.990. The van der Waals surface area contributed by atoms with Crippen LogP contribution in [0.15, 0.2) is 17.1 Å². The van der Waals surface area contributed by atoms with E-state index in [0.29, 0.717) is 0 Å². The summed E-state index contributed by atoms with van der Waals surface area (Å²) in [5.74, 6) is 0.110. The topological polar surface area (TPSA) is 36.2 Å². The first-order chi connectivity index (χ1) is 3.79. The molecule has 1 aliphatic heterocycles. The van der Waals surface area contributed by atoms with E-state index in [9.17, 15) is 4.39 Å². The zero-order valence-corrected chi connectivity index (χ0v) is 4.13. The molecule has 0 amide bonds. The summed E-state index contributed by atoms with van der Waals surface area (Å²) < 4.78 is 12.0. The number of alkyl halides is 1. The van der Waals surface area contributed by atoms with Gasteiger partial charge in [-0.3, -0.25) is 5.41 Å². The number of nitrogens with one attached hydrogen (secondary N) is 1. The van der Waals surface area contributed by atoms with Crippen molar-refractivity contribution in [3.05, 3.63) is 12.2 Å². The number of hydrogen-bond donors (Lipinski definition) is 1. The van der Waals surface area contributed by atoms with Crippen LogP contribution >= 0.6 is 0 Å². The van der Waals surface area contributed by atoms with Crippen molar-refractivity contribution in [1.29, 1.82) is 5.41 Å². The highest BCUT2D eigenvalue weighted by molar-refractivity contribution is 5.99. The second kappa shape index (κ2) is 1.86. The van der Waals surface area contributed by atoms with Gasteiger partial charge in [-0.15, -0.1) is 0 Å². The largest absolute Gasteiger partial charge is 0.283 e. The monoisotopic (exact) mass is 112 g/mol. The molecule has 1 heterocycles. The Morgan fingerprint density at radius 3 is 2.88 bits per heavy atom. The van der Waals surface area contributed by atoms with Crippen LogP contribution in [-0.2, 0) is 0 Å². The highest BCUT2D eigenvalue weighted by atomic mass is 19.1. The summed E-state index contributed by atoms with van der Waals surface area (Å²) in [6.45, 7) is 0. The second-order valence-electron chi connectivity index (χ2n) is 1.47. The Balaban J connectivity index is 2.68. The van der Waals surface area contributed by atoms with E-state index >= 15 is 0 Å². The smallest absolute Gasteiger partial charge is 0.154 e. The third-order valence-corrected chi connectivity index (χ3v) is 0.794. The fourth-order valence-corrected chi connectivity index (χ4v) is 0.427. The molecule has 0 saturated carbocycles. The van der Waals surface area contributed by atoms with Crippen molar-refractivity contribution in [2.75, 3.05) is 0 Å². The predicted octanol–water partition coefficient (Wildman–Crippen LogP) is 0.942. The van der Waals surface area contributed by atoms with Crippen molar-refractivity contribution in [3.63, 3.8) is 0 Å². The number of hydrogen-bond acceptors (Lipinski definition) is 1. The molecule has 8 heavy (non-hydrogen) atoms. The van der Waals surface area contributed by atoms with Gasteiger partial charge in [-0.05, 0) is 12.2 Å². The van der Waals surface area contributed by atoms with Gasteiger partial charge >= 0.3 is 0 Å². The van der Waals surface area contributed by atoms with Gasteiger partial charge in [-0.2, -0.15) is 0 Å². The lowest BCUT2D eigenvalue weighted by Crippen LogP contribution is -2.04. The highest BCUT2D eigenvalue weighted by Gasteiger charge is 2.00. The average molecular weight is 112 g/mol. The number of nitrogens with zero attached hydrogens (tertiary/aromatic N) is 1. The molecular formula is C5H5FN2. The number of aliphatic imine (C=N–C) groups is 1. The Labute approximate surface area is 46.2 Å². The summed E-state index contributed by atoms with van der Waals surface area (Å²) in [4.78, 5) is 3.41. The first-order valence-electron chi connectivity index (χ1n) is 2.24. The molecule has 0 fully saturated rings. The summed E-state index contributed by atoms with van der Waals surface area (Å²) in [5.41, 5.74) is 0. The van der Waals surface area contributed by atoms with Crippen LogP contribution in [0.5, 0.6) is 0 Å². The van der Waals surface area contributed by atoms with E-state index in [1.54, 1.807) is 0 Å². The molecule has 0 aromatic carbocycles. The zero-order chi connectivity index (χ0) is 5.98. The molecule has 42 valence electrons. The Bertz CT molecular complexity index is 144. The highest BCUT2D eigenvalue weighted by Crippen LogP contribution is 1.96. The van der Waals surface area contributed by atoms with Crippen LogP contribution < -0.4 is 0 Å². The maximum absolute atomic E-state index is 12.0. The minimum atomic E-state index is -1.09. The molecule has 3 heteroatoms. The van der Waals surface area contributed by atoms with Gasteiger partial charge < -0.3 is 0 Å². The lowest BCUT2D eigenvalue weighted by Gasteiger charge is -1.97. The molecule has 0 radical (unpaired) electrons. The molecule has 2 nitrogen and oxygen atoms in total. The molecule has 1 aliphatic rings. The van der Waals surface area contributed by atoms with Crippen LogP contribution in [-0.4, -0.2) is 18.2 Å². The van der Waals surface area contributed by atoms with E-state index in [2.05, 4.69) is 4.99 Å². The van der Waals surface area contributed by atoms with Crippen LogP contribution in [0.3, 0.4) is 0 Å². The van der Waals surface area contributed by atoms with Crippen LogP contribution in [0.4, 0.5) is 4.39 Å². The molecule has 0 saturated heterocycles. The molecule has 0 bridgehead atoms. The van der Waals surface area contributed by atoms with Crippen LogP contribution in [0, 0.1) is 5.41 Å². The standard InChI is InChI=1S/C5H5FN2/c6-4-1-2-5(7)8-3-4/h1-4,7H. The van der Waals surface area contributed by atoms with Crippen molar-refractivity contribution in [1.82, 2.24) is 0 Å². The third kappa shape index (κ3) is 0.992. The van der Waals surface area contributed by atoms with Crippen molar-refractivity contribution in [2.45, 2.75) is 6.17 Å². The molecule has 1 unspecified atom stereocenters. The Kier molecular flexibility index (Phi) is 1.20. The molecule has 0 aliphatic carbocycles. The SMILES string of the molecule is N=C1C=CC(F)C=N1. The number of rotatable bonds is 0. The van der Waals surface area contributed by atoms with Gasteiger partial charge in [0, 0.05) is 6.21 Å². The predicted molar refractivity (Wildman–Crippen MR) is 30.3 cm³/mol. The quantitative estimate of drug-likeness (QED) is 0.484. The maximum atomic E-state index is 12.0. The van der Waals surface area contributed by atoms with Gasteiger partial charge in [-0.25, -0.2) is 9.38 Å². The first-order valence-corrected chi connectivity index (χ1v) is 2.24. The molecule has 1 rings (SSSR count). The first kappa shape index (κ1) is 5.15. The van der Waals surface area contributed by atoms with E-state index in [1.165, 1.54) is 12.2 Å². The fraction of sp³-hybridized carbons (Fsp3) is 0.200. The van der Waals surface area contributed by atoms with E-state index in [0.717, 1.165) is 6.21 Å². The zero-order valence-electron chi connectivity index (χ0n) is 4.13. The van der Waals surface area contributed by atoms with Crippen molar-refractivity contribution < 1.29 is 4.39 Å². The number of halogens is 1. The number of allylic oxidation sites excluding steroid dienone is 1. The van der Waals surface area contributed by atoms with E-state index in [4.69, 9.17) is 5.41 Å². The van der Waals surface area contributed by atoms with Gasteiger partial charge in [-0.1, -0.05) is 0 Å². The summed E-state index contributed by atoms with van der Waals surface area (Å²) in [5, 5.41) is 6.83. The maximum Gasteiger partial charge on any atom is 0.154 e. The van der Waals surface area contributed by atoms with Gasteiger partial charge in [0.15, 0.2) is 6.17 Å². The van der Waals surface area contributed by atoms with E-state index in [-0.39, 0.29) is 5.84 Å². The van der Waals surface area contributed by atoms with Crippen molar-refractivity contribution in [2.24, 2.45) is 4.99 Å². The van der Waals surface area contributed by atoms with Crippen LogP contribution in [0.2, 0.25) is 0 Å².